The number of hydrogen-bond acceptors (Lipinski definition) is 7. The number of anilines is 1. The lowest BCUT2D eigenvalue weighted by atomic mass is 10.1. The standard InChI is InChI=1S/C24H17BrN2O5S2/c1-31-21-11-16(7-10-20(21)32-14-15-5-8-18(9-6-15)27(29)30)12-22-23(28)26(24(33)34-22)19-4-2-3-17(25)13-19/h2-13H,14H2,1H3/b22-12+. The zero-order valence-corrected chi connectivity index (χ0v) is 21.0. The average molecular weight is 557 g/mol. The molecule has 1 aliphatic heterocycles. The predicted molar refractivity (Wildman–Crippen MR) is 140 cm³/mol. The molecule has 34 heavy (non-hydrogen) atoms. The number of carbonyl (C=O) groups excluding carboxylic acids is 1. The summed E-state index contributed by atoms with van der Waals surface area (Å²) in [6, 6.07) is 18.9. The minimum absolute atomic E-state index is 0.0241. The van der Waals surface area contributed by atoms with Crippen LogP contribution in [0, 0.1) is 10.1 Å². The van der Waals surface area contributed by atoms with E-state index in [0.717, 1.165) is 15.6 Å². The highest BCUT2D eigenvalue weighted by atomic mass is 79.9. The van der Waals surface area contributed by atoms with Crippen LogP contribution in [-0.2, 0) is 11.4 Å². The van der Waals surface area contributed by atoms with Crippen LogP contribution < -0.4 is 14.4 Å². The van der Waals surface area contributed by atoms with E-state index in [-0.39, 0.29) is 18.2 Å². The molecular formula is C24H17BrN2O5S2. The van der Waals surface area contributed by atoms with Crippen LogP contribution >= 0.6 is 39.9 Å². The Morgan fingerprint density at radius 3 is 2.56 bits per heavy atom. The zero-order chi connectivity index (χ0) is 24.2. The van der Waals surface area contributed by atoms with E-state index >= 15 is 0 Å². The smallest absolute Gasteiger partial charge is 0.270 e. The van der Waals surface area contributed by atoms with E-state index in [1.54, 1.807) is 30.3 Å². The van der Waals surface area contributed by atoms with Gasteiger partial charge >= 0.3 is 0 Å². The molecular weight excluding hydrogens is 540 g/mol. The number of thioether (sulfide) groups is 1. The summed E-state index contributed by atoms with van der Waals surface area (Å²) >= 11 is 10.1. The molecule has 0 unspecified atom stereocenters. The van der Waals surface area contributed by atoms with Gasteiger partial charge < -0.3 is 9.47 Å². The third-order valence-electron chi connectivity index (χ3n) is 4.89. The molecule has 1 heterocycles. The van der Waals surface area contributed by atoms with E-state index in [0.29, 0.717) is 26.4 Å². The number of benzene rings is 3. The Balaban J connectivity index is 1.50. The highest BCUT2D eigenvalue weighted by Crippen LogP contribution is 2.38. The second-order valence-corrected chi connectivity index (χ2v) is 9.71. The summed E-state index contributed by atoms with van der Waals surface area (Å²) < 4.78 is 12.6. The normalized spacial score (nSPS) is 14.5. The van der Waals surface area contributed by atoms with Gasteiger partial charge in [-0.2, -0.15) is 0 Å². The molecule has 0 aliphatic carbocycles. The summed E-state index contributed by atoms with van der Waals surface area (Å²) in [5.74, 6) is 0.823. The first-order valence-electron chi connectivity index (χ1n) is 9.93. The Morgan fingerprint density at radius 1 is 1.12 bits per heavy atom. The van der Waals surface area contributed by atoms with Gasteiger partial charge in [-0.15, -0.1) is 0 Å². The van der Waals surface area contributed by atoms with Gasteiger partial charge in [0.2, 0.25) is 0 Å². The minimum atomic E-state index is -0.445. The molecule has 0 radical (unpaired) electrons. The van der Waals surface area contributed by atoms with Gasteiger partial charge in [-0.3, -0.25) is 19.8 Å². The number of halogens is 1. The first-order chi connectivity index (χ1) is 16.4. The molecule has 0 N–H and O–H groups in total. The van der Waals surface area contributed by atoms with E-state index in [2.05, 4.69) is 15.9 Å². The minimum Gasteiger partial charge on any atom is -0.493 e. The predicted octanol–water partition coefficient (Wildman–Crippen LogP) is 6.35. The van der Waals surface area contributed by atoms with Crippen molar-refractivity contribution in [1.82, 2.24) is 0 Å². The van der Waals surface area contributed by atoms with Crippen molar-refractivity contribution in [2.75, 3.05) is 12.0 Å². The Kier molecular flexibility index (Phi) is 7.30. The number of hydrogen-bond donors (Lipinski definition) is 0. The number of thiocarbonyl (C=S) groups is 1. The van der Waals surface area contributed by atoms with E-state index in [1.807, 2.05) is 30.3 Å². The van der Waals surface area contributed by atoms with Crippen molar-refractivity contribution in [3.8, 4) is 11.5 Å². The van der Waals surface area contributed by atoms with Crippen LogP contribution in [0.4, 0.5) is 11.4 Å². The number of nitro groups is 1. The summed E-state index contributed by atoms with van der Waals surface area (Å²) in [6.45, 7) is 0.221. The van der Waals surface area contributed by atoms with Crippen LogP contribution in [0.5, 0.6) is 11.5 Å². The number of nitrogens with zero attached hydrogens (tertiary/aromatic N) is 2. The summed E-state index contributed by atoms with van der Waals surface area (Å²) in [4.78, 5) is 25.4. The van der Waals surface area contributed by atoms with Crippen molar-refractivity contribution in [3.63, 3.8) is 0 Å². The number of ether oxygens (including phenoxy) is 2. The van der Waals surface area contributed by atoms with Crippen LogP contribution in [0.15, 0.2) is 76.1 Å². The Bertz CT molecular complexity index is 1310. The molecule has 1 fully saturated rings. The van der Waals surface area contributed by atoms with Crippen molar-refractivity contribution in [2.45, 2.75) is 6.61 Å². The topological polar surface area (TPSA) is 81.9 Å². The molecule has 0 spiro atoms. The largest absolute Gasteiger partial charge is 0.493 e. The molecule has 1 amide bonds. The Morgan fingerprint density at radius 2 is 1.88 bits per heavy atom. The van der Waals surface area contributed by atoms with Gasteiger partial charge in [-0.1, -0.05) is 52.0 Å². The highest BCUT2D eigenvalue weighted by molar-refractivity contribution is 9.10. The first-order valence-corrected chi connectivity index (χ1v) is 11.9. The number of rotatable bonds is 7. The average Bonchev–Trinajstić information content (AvgIpc) is 3.10. The molecule has 1 saturated heterocycles. The van der Waals surface area contributed by atoms with Crippen LogP contribution in [0.2, 0.25) is 0 Å². The Labute approximate surface area is 213 Å². The molecule has 1 aliphatic rings. The van der Waals surface area contributed by atoms with Gasteiger partial charge in [0.25, 0.3) is 11.6 Å². The van der Waals surface area contributed by atoms with Crippen molar-refractivity contribution in [1.29, 1.82) is 0 Å². The molecule has 0 bridgehead atoms. The summed E-state index contributed by atoms with van der Waals surface area (Å²) in [7, 11) is 1.53. The molecule has 0 saturated carbocycles. The van der Waals surface area contributed by atoms with Gasteiger partial charge in [0.1, 0.15) is 6.61 Å². The van der Waals surface area contributed by atoms with Gasteiger partial charge in [0.15, 0.2) is 15.8 Å². The molecule has 3 aromatic rings. The molecule has 4 rings (SSSR count). The van der Waals surface area contributed by atoms with Crippen LogP contribution in [0.3, 0.4) is 0 Å². The first kappa shape index (κ1) is 23.9. The third-order valence-corrected chi connectivity index (χ3v) is 6.68. The fourth-order valence-corrected chi connectivity index (χ4v) is 4.91. The molecule has 10 heteroatoms. The van der Waals surface area contributed by atoms with E-state index < -0.39 is 4.92 Å². The van der Waals surface area contributed by atoms with Crippen molar-refractivity contribution in [2.24, 2.45) is 0 Å². The summed E-state index contributed by atoms with van der Waals surface area (Å²) in [6.07, 6.45) is 1.76. The fraction of sp³-hybridized carbons (Fsp3) is 0.0833. The summed E-state index contributed by atoms with van der Waals surface area (Å²) in [5, 5.41) is 10.8. The number of non-ortho nitro benzene ring substituents is 1. The third kappa shape index (κ3) is 5.30. The van der Waals surface area contributed by atoms with Gasteiger partial charge in [-0.05, 0) is 59.7 Å². The van der Waals surface area contributed by atoms with Crippen LogP contribution in [0.25, 0.3) is 6.08 Å². The molecule has 0 atom stereocenters. The molecule has 7 nitrogen and oxygen atoms in total. The molecule has 172 valence electrons. The Hall–Kier alpha value is -3.21. The van der Waals surface area contributed by atoms with E-state index in [1.165, 1.54) is 35.9 Å². The number of nitro benzene ring substituents is 1. The fourth-order valence-electron chi connectivity index (χ4n) is 3.23. The lowest BCUT2D eigenvalue weighted by Crippen LogP contribution is -2.27. The molecule has 3 aromatic carbocycles. The lowest BCUT2D eigenvalue weighted by Gasteiger charge is -2.14. The quantitative estimate of drug-likeness (QED) is 0.145. The van der Waals surface area contributed by atoms with Gasteiger partial charge in [0.05, 0.1) is 22.6 Å². The van der Waals surface area contributed by atoms with E-state index in [9.17, 15) is 14.9 Å². The van der Waals surface area contributed by atoms with E-state index in [4.69, 9.17) is 21.7 Å². The lowest BCUT2D eigenvalue weighted by molar-refractivity contribution is -0.384. The van der Waals surface area contributed by atoms with Gasteiger partial charge in [0, 0.05) is 16.6 Å². The maximum Gasteiger partial charge on any atom is 0.270 e. The number of amides is 1. The maximum atomic E-state index is 13.0. The number of carbonyl (C=O) groups is 1. The molecule has 0 aromatic heterocycles. The van der Waals surface area contributed by atoms with Crippen LogP contribution in [-0.4, -0.2) is 22.3 Å². The van der Waals surface area contributed by atoms with Crippen molar-refractivity contribution in [3.05, 3.63) is 97.3 Å². The van der Waals surface area contributed by atoms with Crippen molar-refractivity contribution >= 4 is 67.6 Å². The maximum absolute atomic E-state index is 13.0. The van der Waals surface area contributed by atoms with Gasteiger partial charge in [-0.25, -0.2) is 0 Å². The SMILES string of the molecule is COc1cc(/C=C2/SC(=S)N(c3cccc(Br)c3)C2=O)ccc1OCc1ccc([N+](=O)[O-])cc1. The zero-order valence-electron chi connectivity index (χ0n) is 17.8. The second kappa shape index (κ2) is 10.4. The van der Waals surface area contributed by atoms with Crippen molar-refractivity contribution < 1.29 is 19.2 Å². The summed E-state index contributed by atoms with van der Waals surface area (Å²) in [5.41, 5.74) is 2.27. The number of methoxy groups -OCH3 is 1. The van der Waals surface area contributed by atoms with Crippen LogP contribution in [0.1, 0.15) is 11.1 Å². The highest BCUT2D eigenvalue weighted by Gasteiger charge is 2.33. The monoisotopic (exact) mass is 556 g/mol. The second-order valence-electron chi connectivity index (χ2n) is 7.12.